The molecule has 124 valence electrons. The average Bonchev–Trinajstić information content (AvgIpc) is 3.14. The molecular weight excluding hydrogens is 314 g/mol. The third-order valence-electron chi connectivity index (χ3n) is 3.15. The second-order valence-corrected chi connectivity index (χ2v) is 7.21. The van der Waals surface area contributed by atoms with Crippen LogP contribution in [0.1, 0.15) is 33.6 Å². The Bertz CT molecular complexity index is 671. The number of hydrogen-bond acceptors (Lipinski definition) is 5. The van der Waals surface area contributed by atoms with E-state index in [1.54, 1.807) is 45.2 Å². The first-order valence-corrected chi connectivity index (χ1v) is 8.22. The van der Waals surface area contributed by atoms with E-state index in [4.69, 9.17) is 4.42 Å². The van der Waals surface area contributed by atoms with E-state index in [1.165, 1.54) is 0 Å². The summed E-state index contributed by atoms with van der Waals surface area (Å²) in [5, 5.41) is 7.35. The molecule has 2 aromatic rings. The fraction of sp³-hybridized carbons (Fsp3) is 0.438. The Morgan fingerprint density at radius 2 is 2.13 bits per heavy atom. The van der Waals surface area contributed by atoms with Gasteiger partial charge in [0.05, 0.1) is 17.6 Å². The Morgan fingerprint density at radius 3 is 2.74 bits per heavy atom. The lowest BCUT2D eigenvalue weighted by Crippen LogP contribution is -2.48. The number of hydrogen-bond donors (Lipinski definition) is 2. The van der Waals surface area contributed by atoms with Gasteiger partial charge in [-0.15, -0.1) is 11.3 Å². The smallest absolute Gasteiger partial charge is 0.242 e. The maximum Gasteiger partial charge on any atom is 0.242 e. The van der Waals surface area contributed by atoms with E-state index in [-0.39, 0.29) is 18.4 Å². The normalized spacial score (nSPS) is 12.7. The van der Waals surface area contributed by atoms with Crippen LogP contribution in [-0.4, -0.2) is 22.8 Å². The number of nitrogens with one attached hydrogen (secondary N) is 2. The predicted octanol–water partition coefficient (Wildman–Crippen LogP) is 2.57. The first-order valence-electron chi connectivity index (χ1n) is 7.34. The Labute approximate surface area is 139 Å². The summed E-state index contributed by atoms with van der Waals surface area (Å²) in [5.74, 6) is 0.657. The number of carbonyl (C=O) groups is 2. The molecule has 0 radical (unpaired) electrons. The van der Waals surface area contributed by atoms with Gasteiger partial charge in [0.15, 0.2) is 5.76 Å². The second-order valence-electron chi connectivity index (χ2n) is 6.26. The molecule has 2 heterocycles. The Kier molecular flexibility index (Phi) is 5.20. The molecule has 23 heavy (non-hydrogen) atoms. The highest BCUT2D eigenvalue weighted by molar-refractivity contribution is 7.13. The highest BCUT2D eigenvalue weighted by Gasteiger charge is 2.25. The van der Waals surface area contributed by atoms with Crippen LogP contribution in [0.3, 0.4) is 0 Å². The molecule has 0 saturated carbocycles. The second kappa shape index (κ2) is 6.95. The van der Waals surface area contributed by atoms with Crippen LogP contribution >= 0.6 is 11.3 Å². The minimum absolute atomic E-state index is 0.170. The molecule has 2 aromatic heterocycles. The van der Waals surface area contributed by atoms with E-state index in [0.717, 1.165) is 4.88 Å². The van der Waals surface area contributed by atoms with Crippen molar-refractivity contribution in [3.05, 3.63) is 29.6 Å². The van der Waals surface area contributed by atoms with Crippen molar-refractivity contribution in [1.29, 1.82) is 0 Å². The van der Waals surface area contributed by atoms with E-state index in [1.807, 2.05) is 17.5 Å². The van der Waals surface area contributed by atoms with E-state index >= 15 is 0 Å². The number of aromatic nitrogens is 1. The van der Waals surface area contributed by atoms with Gasteiger partial charge < -0.3 is 15.1 Å². The molecule has 2 amide bonds. The van der Waals surface area contributed by atoms with E-state index in [0.29, 0.717) is 11.7 Å². The lowest BCUT2D eigenvalue weighted by Gasteiger charge is -2.21. The van der Waals surface area contributed by atoms with E-state index in [2.05, 4.69) is 15.6 Å². The largest absolute Gasteiger partial charge is 0.438 e. The zero-order valence-corrected chi connectivity index (χ0v) is 14.5. The van der Waals surface area contributed by atoms with Crippen molar-refractivity contribution in [2.24, 2.45) is 5.41 Å². The number of thiophene rings is 1. The standard InChI is InChI=1S/C16H21N3O3S/c1-10(19-15(21)16(2,3)4)14(20)18-9-13-17-8-11(22-13)12-6-5-7-23-12/h5-8,10H,9H2,1-4H3,(H,18,20)(H,19,21)/t10-/m1/s1. The van der Waals surface area contributed by atoms with Gasteiger partial charge in [0, 0.05) is 5.41 Å². The van der Waals surface area contributed by atoms with Gasteiger partial charge in [-0.3, -0.25) is 9.59 Å². The molecule has 0 fully saturated rings. The molecule has 0 aliphatic heterocycles. The summed E-state index contributed by atoms with van der Waals surface area (Å²) in [4.78, 5) is 29.0. The minimum Gasteiger partial charge on any atom is -0.438 e. The summed E-state index contributed by atoms with van der Waals surface area (Å²) in [6.07, 6.45) is 1.64. The fourth-order valence-electron chi connectivity index (χ4n) is 1.72. The van der Waals surface area contributed by atoms with E-state index in [9.17, 15) is 9.59 Å². The number of amides is 2. The molecule has 7 heteroatoms. The third kappa shape index (κ3) is 4.66. The summed E-state index contributed by atoms with van der Waals surface area (Å²) in [5.41, 5.74) is -0.535. The van der Waals surface area contributed by atoms with Crippen molar-refractivity contribution in [3.63, 3.8) is 0 Å². The lowest BCUT2D eigenvalue weighted by molar-refractivity contribution is -0.133. The van der Waals surface area contributed by atoms with Crippen LogP contribution < -0.4 is 10.6 Å². The maximum atomic E-state index is 12.0. The summed E-state index contributed by atoms with van der Waals surface area (Å²) in [7, 11) is 0. The first kappa shape index (κ1) is 17.2. The Hall–Kier alpha value is -2.15. The monoisotopic (exact) mass is 335 g/mol. The molecule has 0 aromatic carbocycles. The van der Waals surface area contributed by atoms with Gasteiger partial charge in [0.2, 0.25) is 17.7 Å². The first-order chi connectivity index (χ1) is 10.8. The molecule has 0 aliphatic rings. The van der Waals surface area contributed by atoms with Gasteiger partial charge in [-0.05, 0) is 18.4 Å². The topological polar surface area (TPSA) is 84.2 Å². The minimum atomic E-state index is -0.617. The van der Waals surface area contributed by atoms with Crippen molar-refractivity contribution in [3.8, 4) is 10.6 Å². The molecule has 6 nitrogen and oxygen atoms in total. The van der Waals surface area contributed by atoms with Gasteiger partial charge >= 0.3 is 0 Å². The Balaban J connectivity index is 1.86. The van der Waals surface area contributed by atoms with Gasteiger partial charge in [-0.2, -0.15) is 0 Å². The lowest BCUT2D eigenvalue weighted by atomic mass is 9.95. The van der Waals surface area contributed by atoms with Crippen LogP contribution in [0, 0.1) is 5.41 Å². The zero-order chi connectivity index (χ0) is 17.0. The molecule has 0 spiro atoms. The van der Waals surface area contributed by atoms with Gasteiger partial charge in [0.1, 0.15) is 6.04 Å². The van der Waals surface area contributed by atoms with Crippen LogP contribution in [0.15, 0.2) is 28.1 Å². The third-order valence-corrected chi connectivity index (χ3v) is 4.04. The van der Waals surface area contributed by atoms with Crippen LogP contribution in [0.2, 0.25) is 0 Å². The van der Waals surface area contributed by atoms with Crippen LogP contribution in [0.5, 0.6) is 0 Å². The number of rotatable bonds is 5. The molecular formula is C16H21N3O3S. The van der Waals surface area contributed by atoms with Gasteiger partial charge in [0.25, 0.3) is 0 Å². The number of carbonyl (C=O) groups excluding carboxylic acids is 2. The SMILES string of the molecule is C[C@@H](NC(=O)C(C)(C)C)C(=O)NCc1ncc(-c2cccs2)o1. The molecule has 2 N–H and O–H groups in total. The van der Waals surface area contributed by atoms with Crippen molar-refractivity contribution in [2.45, 2.75) is 40.3 Å². The summed E-state index contributed by atoms with van der Waals surface area (Å²) in [6, 6.07) is 3.26. The number of oxazole rings is 1. The van der Waals surface area contributed by atoms with Gasteiger partial charge in [-0.25, -0.2) is 4.98 Å². The van der Waals surface area contributed by atoms with Crippen LogP contribution in [0.4, 0.5) is 0 Å². The summed E-state index contributed by atoms with van der Waals surface area (Å²) in [6.45, 7) is 7.22. The molecule has 1 atom stereocenters. The number of nitrogens with zero attached hydrogens (tertiary/aromatic N) is 1. The highest BCUT2D eigenvalue weighted by atomic mass is 32.1. The van der Waals surface area contributed by atoms with Crippen LogP contribution in [-0.2, 0) is 16.1 Å². The quantitative estimate of drug-likeness (QED) is 0.879. The average molecular weight is 335 g/mol. The van der Waals surface area contributed by atoms with Crippen molar-refractivity contribution in [1.82, 2.24) is 15.6 Å². The maximum absolute atomic E-state index is 12.0. The fourth-order valence-corrected chi connectivity index (χ4v) is 2.39. The molecule has 0 bridgehead atoms. The van der Waals surface area contributed by atoms with Crippen LogP contribution in [0.25, 0.3) is 10.6 Å². The van der Waals surface area contributed by atoms with Gasteiger partial charge in [-0.1, -0.05) is 26.8 Å². The molecule has 0 saturated heterocycles. The Morgan fingerprint density at radius 1 is 1.39 bits per heavy atom. The predicted molar refractivity (Wildman–Crippen MR) is 88.7 cm³/mol. The highest BCUT2D eigenvalue weighted by Crippen LogP contribution is 2.24. The molecule has 0 aliphatic carbocycles. The zero-order valence-electron chi connectivity index (χ0n) is 13.7. The van der Waals surface area contributed by atoms with Crippen molar-refractivity contribution >= 4 is 23.2 Å². The van der Waals surface area contributed by atoms with Crippen molar-refractivity contribution < 1.29 is 14.0 Å². The summed E-state index contributed by atoms with van der Waals surface area (Å²) >= 11 is 1.56. The summed E-state index contributed by atoms with van der Waals surface area (Å²) < 4.78 is 5.59. The molecule has 0 unspecified atom stereocenters. The van der Waals surface area contributed by atoms with Crippen molar-refractivity contribution in [2.75, 3.05) is 0 Å². The molecule has 2 rings (SSSR count). The van der Waals surface area contributed by atoms with E-state index < -0.39 is 11.5 Å².